The molecule has 1 aliphatic carbocycles. The fourth-order valence-electron chi connectivity index (χ4n) is 3.68. The fraction of sp³-hybridized carbons (Fsp3) is 0.400. The molecule has 4 nitrogen and oxygen atoms in total. The smallest absolute Gasteiger partial charge is 0.265 e. The summed E-state index contributed by atoms with van der Waals surface area (Å²) in [5.41, 5.74) is 2.94. The molecule has 4 rings (SSSR count). The molecule has 2 heterocycles. The number of fused-ring (bicyclic) bond motifs is 1. The molecule has 1 fully saturated rings. The lowest BCUT2D eigenvalue weighted by Gasteiger charge is -2.16. The van der Waals surface area contributed by atoms with Crippen LogP contribution < -0.4 is 10.2 Å². The van der Waals surface area contributed by atoms with E-state index in [0.717, 1.165) is 42.1 Å². The van der Waals surface area contributed by atoms with Gasteiger partial charge in [-0.3, -0.25) is 9.59 Å². The minimum absolute atomic E-state index is 0.0584. The molecule has 1 aromatic carbocycles. The molecule has 0 unspecified atom stereocenters. The number of anilines is 2. The van der Waals surface area contributed by atoms with Crippen molar-refractivity contribution in [1.82, 2.24) is 0 Å². The van der Waals surface area contributed by atoms with E-state index in [1.54, 1.807) is 16.2 Å². The summed E-state index contributed by atoms with van der Waals surface area (Å²) >= 11 is 1.62. The maximum Gasteiger partial charge on any atom is 0.265 e. The van der Waals surface area contributed by atoms with Crippen LogP contribution in [0.5, 0.6) is 0 Å². The van der Waals surface area contributed by atoms with Gasteiger partial charge in [0.1, 0.15) is 0 Å². The zero-order valence-electron chi connectivity index (χ0n) is 14.4. The molecule has 1 atom stereocenters. The number of amides is 2. The van der Waals surface area contributed by atoms with Gasteiger partial charge in [-0.2, -0.15) is 0 Å². The highest BCUT2D eigenvalue weighted by atomic mass is 32.1. The Hall–Kier alpha value is -2.14. The van der Waals surface area contributed by atoms with Gasteiger partial charge in [-0.05, 0) is 61.4 Å². The molecular weight excluding hydrogens is 332 g/mol. The van der Waals surface area contributed by atoms with E-state index in [1.165, 1.54) is 16.9 Å². The molecule has 0 radical (unpaired) electrons. The first-order valence-corrected chi connectivity index (χ1v) is 9.75. The van der Waals surface area contributed by atoms with Crippen molar-refractivity contribution >= 4 is 34.5 Å². The normalized spacial score (nSPS) is 19.8. The molecule has 5 heteroatoms. The Morgan fingerprint density at radius 2 is 2.16 bits per heavy atom. The van der Waals surface area contributed by atoms with Gasteiger partial charge in [0.25, 0.3) is 5.91 Å². The predicted molar refractivity (Wildman–Crippen MR) is 101 cm³/mol. The number of thiophene rings is 1. The quantitative estimate of drug-likeness (QED) is 0.896. The monoisotopic (exact) mass is 354 g/mol. The second kappa shape index (κ2) is 6.64. The van der Waals surface area contributed by atoms with Crippen LogP contribution in [-0.4, -0.2) is 18.4 Å². The summed E-state index contributed by atoms with van der Waals surface area (Å²) in [6.07, 6.45) is 4.87. The van der Waals surface area contributed by atoms with E-state index in [0.29, 0.717) is 12.3 Å². The summed E-state index contributed by atoms with van der Waals surface area (Å²) in [5, 5.41) is 2.99. The van der Waals surface area contributed by atoms with Crippen molar-refractivity contribution in [1.29, 1.82) is 0 Å². The van der Waals surface area contributed by atoms with Crippen molar-refractivity contribution in [3.05, 3.63) is 45.6 Å². The van der Waals surface area contributed by atoms with Crippen molar-refractivity contribution in [3.63, 3.8) is 0 Å². The summed E-state index contributed by atoms with van der Waals surface area (Å²) in [6, 6.07) is 9.62. The summed E-state index contributed by atoms with van der Waals surface area (Å²) in [7, 11) is 0. The van der Waals surface area contributed by atoms with Crippen molar-refractivity contribution in [2.75, 3.05) is 16.8 Å². The van der Waals surface area contributed by atoms with E-state index < -0.39 is 0 Å². The van der Waals surface area contributed by atoms with Gasteiger partial charge in [0.2, 0.25) is 5.91 Å². The third-order valence-electron chi connectivity index (χ3n) is 5.04. The van der Waals surface area contributed by atoms with Crippen LogP contribution in [0.3, 0.4) is 0 Å². The molecule has 0 bridgehead atoms. The van der Waals surface area contributed by atoms with Crippen molar-refractivity contribution < 1.29 is 9.59 Å². The van der Waals surface area contributed by atoms with Crippen molar-refractivity contribution in [3.8, 4) is 0 Å². The molecule has 0 saturated carbocycles. The van der Waals surface area contributed by atoms with Crippen LogP contribution in [0, 0.1) is 5.92 Å². The Morgan fingerprint density at radius 1 is 1.28 bits per heavy atom. The van der Waals surface area contributed by atoms with E-state index in [-0.39, 0.29) is 11.8 Å². The molecule has 1 aliphatic heterocycles. The Bertz CT molecular complexity index is 827. The van der Waals surface area contributed by atoms with Crippen LogP contribution in [0.15, 0.2) is 30.3 Å². The second-order valence-electron chi connectivity index (χ2n) is 7.06. The fourth-order valence-corrected chi connectivity index (χ4v) is 4.79. The van der Waals surface area contributed by atoms with Crippen LogP contribution in [0.1, 0.15) is 46.3 Å². The van der Waals surface area contributed by atoms with E-state index in [4.69, 9.17) is 0 Å². The highest BCUT2D eigenvalue weighted by Gasteiger charge is 2.23. The third kappa shape index (κ3) is 3.33. The number of benzene rings is 1. The first-order valence-electron chi connectivity index (χ1n) is 8.93. The zero-order valence-corrected chi connectivity index (χ0v) is 15.2. The molecule has 1 N–H and O–H groups in total. The lowest BCUT2D eigenvalue weighted by molar-refractivity contribution is -0.117. The van der Waals surface area contributed by atoms with E-state index in [2.05, 4.69) is 18.3 Å². The van der Waals surface area contributed by atoms with Crippen LogP contribution in [0.4, 0.5) is 11.4 Å². The minimum Gasteiger partial charge on any atom is -0.321 e. The molecule has 1 aromatic heterocycles. The Morgan fingerprint density at radius 3 is 2.96 bits per heavy atom. The zero-order chi connectivity index (χ0) is 17.4. The van der Waals surface area contributed by atoms with Gasteiger partial charge >= 0.3 is 0 Å². The van der Waals surface area contributed by atoms with Crippen molar-refractivity contribution in [2.45, 2.75) is 39.0 Å². The number of carbonyl (C=O) groups is 2. The van der Waals surface area contributed by atoms with Gasteiger partial charge < -0.3 is 10.2 Å². The van der Waals surface area contributed by atoms with Gasteiger partial charge in [-0.1, -0.05) is 13.0 Å². The molecule has 0 spiro atoms. The summed E-state index contributed by atoms with van der Waals surface area (Å²) in [6.45, 7) is 3.03. The maximum atomic E-state index is 12.6. The molecule has 2 aliphatic rings. The molecule has 2 amide bonds. The Kier molecular flexibility index (Phi) is 4.34. The summed E-state index contributed by atoms with van der Waals surface area (Å²) in [4.78, 5) is 28.5. The SMILES string of the molecule is C[C@@H]1CCc2sc(C(=O)Nc3cccc(N4CCCC4=O)c3)cc2C1. The van der Waals surface area contributed by atoms with Crippen LogP contribution in [0.2, 0.25) is 0 Å². The largest absolute Gasteiger partial charge is 0.321 e. The van der Waals surface area contributed by atoms with E-state index in [9.17, 15) is 9.59 Å². The molecule has 1 saturated heterocycles. The Labute approximate surface area is 151 Å². The average molecular weight is 354 g/mol. The van der Waals surface area contributed by atoms with Gasteiger partial charge in [-0.15, -0.1) is 11.3 Å². The minimum atomic E-state index is -0.0584. The lowest BCUT2D eigenvalue weighted by Crippen LogP contribution is -2.23. The van der Waals surface area contributed by atoms with Crippen LogP contribution in [0.25, 0.3) is 0 Å². The average Bonchev–Trinajstić information content (AvgIpc) is 3.20. The number of nitrogens with zero attached hydrogens (tertiary/aromatic N) is 1. The number of hydrogen-bond acceptors (Lipinski definition) is 3. The van der Waals surface area contributed by atoms with Crippen LogP contribution >= 0.6 is 11.3 Å². The number of aryl methyl sites for hydroxylation is 1. The topological polar surface area (TPSA) is 49.4 Å². The second-order valence-corrected chi connectivity index (χ2v) is 8.20. The Balaban J connectivity index is 1.50. The standard InChI is InChI=1S/C20H22N2O2S/c1-13-7-8-17-14(10-13)11-18(25-17)20(24)21-15-4-2-5-16(12-15)22-9-3-6-19(22)23/h2,4-5,11-13H,3,6-10H2,1H3,(H,21,24)/t13-/m1/s1. The highest BCUT2D eigenvalue weighted by Crippen LogP contribution is 2.32. The van der Waals surface area contributed by atoms with Crippen molar-refractivity contribution in [2.24, 2.45) is 5.92 Å². The number of rotatable bonds is 3. The maximum absolute atomic E-state index is 12.6. The first kappa shape index (κ1) is 16.3. The van der Waals surface area contributed by atoms with Crippen LogP contribution in [-0.2, 0) is 17.6 Å². The molecule has 130 valence electrons. The van der Waals surface area contributed by atoms with Gasteiger partial charge in [-0.25, -0.2) is 0 Å². The van der Waals surface area contributed by atoms with Gasteiger partial charge in [0.15, 0.2) is 0 Å². The first-order chi connectivity index (χ1) is 12.1. The number of carbonyl (C=O) groups excluding carboxylic acids is 2. The highest BCUT2D eigenvalue weighted by molar-refractivity contribution is 7.14. The van der Waals surface area contributed by atoms with Gasteiger partial charge in [0.05, 0.1) is 4.88 Å². The van der Waals surface area contributed by atoms with E-state index >= 15 is 0 Å². The number of nitrogens with one attached hydrogen (secondary N) is 1. The predicted octanol–water partition coefficient (Wildman–Crippen LogP) is 4.25. The molecule has 2 aromatic rings. The summed E-state index contributed by atoms with van der Waals surface area (Å²) < 4.78 is 0. The lowest BCUT2D eigenvalue weighted by atomic mass is 9.90. The summed E-state index contributed by atoms with van der Waals surface area (Å²) in [5.74, 6) is 0.799. The van der Waals surface area contributed by atoms with E-state index in [1.807, 2.05) is 24.3 Å². The number of hydrogen-bond donors (Lipinski definition) is 1. The molecular formula is C20H22N2O2S. The van der Waals surface area contributed by atoms with Gasteiger partial charge in [0, 0.05) is 29.2 Å². The molecule has 25 heavy (non-hydrogen) atoms. The third-order valence-corrected chi connectivity index (χ3v) is 6.28.